The zero-order valence-corrected chi connectivity index (χ0v) is 18.5. The fourth-order valence-corrected chi connectivity index (χ4v) is 4.43. The van der Waals surface area contributed by atoms with E-state index in [1.807, 2.05) is 36.5 Å². The molecule has 0 bridgehead atoms. The van der Waals surface area contributed by atoms with E-state index >= 15 is 0 Å². The number of aryl methyl sites for hydroxylation is 1. The van der Waals surface area contributed by atoms with Crippen LogP contribution in [0.25, 0.3) is 27.1 Å². The van der Waals surface area contributed by atoms with Gasteiger partial charge >= 0.3 is 0 Å². The molecular weight excluding hydrogens is 533 g/mol. The predicted molar refractivity (Wildman–Crippen MR) is 116 cm³/mol. The second-order valence-corrected chi connectivity index (χ2v) is 7.56. The Morgan fingerprint density at radius 1 is 0.828 bits per heavy atom. The van der Waals surface area contributed by atoms with Crippen molar-refractivity contribution in [1.82, 2.24) is 4.98 Å². The molecule has 29 heavy (non-hydrogen) atoms. The quantitative estimate of drug-likeness (QED) is 0.176. The van der Waals surface area contributed by atoms with Gasteiger partial charge in [-0.2, -0.15) is 40.6 Å². The molecule has 1 unspecified atom stereocenters. The summed E-state index contributed by atoms with van der Waals surface area (Å²) in [6.07, 6.45) is 11.7. The minimum atomic E-state index is 0. The van der Waals surface area contributed by atoms with Crippen LogP contribution >= 0.6 is 0 Å². The maximum Gasteiger partial charge on any atom is 0.00537 e. The fourth-order valence-electron chi connectivity index (χ4n) is 4.43. The molecule has 1 atom stereocenters. The number of hydrogen-bond donors (Lipinski definition) is 0. The zero-order valence-electron chi connectivity index (χ0n) is 16.2. The van der Waals surface area contributed by atoms with Crippen LogP contribution in [0.3, 0.4) is 0 Å². The van der Waals surface area contributed by atoms with Crippen LogP contribution in [0.15, 0.2) is 66.9 Å². The third-order valence-corrected chi connectivity index (χ3v) is 5.83. The molecule has 2 heteroatoms. The van der Waals surface area contributed by atoms with Crippen LogP contribution in [0.1, 0.15) is 36.9 Å². The monoisotopic (exact) mass is 555 g/mol. The van der Waals surface area contributed by atoms with Gasteiger partial charge in [-0.25, -0.2) is 10.8 Å². The van der Waals surface area contributed by atoms with E-state index in [-0.39, 0.29) is 21.1 Å². The molecule has 4 aromatic rings. The van der Waals surface area contributed by atoms with Crippen LogP contribution in [-0.4, -0.2) is 4.98 Å². The maximum absolute atomic E-state index is 4.50. The van der Waals surface area contributed by atoms with Gasteiger partial charge in [0.05, 0.1) is 0 Å². The van der Waals surface area contributed by atoms with Gasteiger partial charge < -0.3 is 4.98 Å². The first kappa shape index (κ1) is 20.0. The van der Waals surface area contributed by atoms with Crippen LogP contribution in [0.4, 0.5) is 0 Å². The summed E-state index contributed by atoms with van der Waals surface area (Å²) < 4.78 is 0. The van der Waals surface area contributed by atoms with Crippen LogP contribution in [0.5, 0.6) is 0 Å². The fraction of sp³-hybridized carbons (Fsp3) is 0.222. The predicted octanol–water partition coefficient (Wildman–Crippen LogP) is 6.61. The van der Waals surface area contributed by atoms with E-state index < -0.39 is 0 Å². The molecule has 0 amide bonds. The minimum Gasteiger partial charge on any atom is -0.351 e. The van der Waals surface area contributed by atoms with Crippen molar-refractivity contribution in [2.24, 2.45) is 5.92 Å². The summed E-state index contributed by atoms with van der Waals surface area (Å²) in [7, 11) is 0. The smallest absolute Gasteiger partial charge is 0.00537 e. The summed E-state index contributed by atoms with van der Waals surface area (Å²) in [6, 6.07) is 27.2. The summed E-state index contributed by atoms with van der Waals surface area (Å²) in [5.74, 6) is 0.756. The van der Waals surface area contributed by atoms with Gasteiger partial charge in [-0.15, -0.1) is 48.4 Å². The van der Waals surface area contributed by atoms with Gasteiger partial charge in [0.15, 0.2) is 0 Å². The van der Waals surface area contributed by atoms with Crippen molar-refractivity contribution < 1.29 is 21.1 Å². The molecule has 2 aliphatic rings. The number of allylic oxidation sites excluding steroid dienone is 2. The first-order chi connectivity index (χ1) is 13.9. The van der Waals surface area contributed by atoms with E-state index in [4.69, 9.17) is 0 Å². The summed E-state index contributed by atoms with van der Waals surface area (Å²) >= 11 is 0. The van der Waals surface area contributed by atoms with Crippen molar-refractivity contribution in [3.63, 3.8) is 0 Å². The largest absolute Gasteiger partial charge is 0.351 e. The summed E-state index contributed by atoms with van der Waals surface area (Å²) in [5.41, 5.74) is 4.08. The average molecular weight is 556 g/mol. The minimum absolute atomic E-state index is 0. The van der Waals surface area contributed by atoms with E-state index in [0.717, 1.165) is 23.1 Å². The average Bonchev–Trinajstić information content (AvgIpc) is 2.79. The van der Waals surface area contributed by atoms with E-state index in [0.29, 0.717) is 0 Å². The molecule has 3 aromatic carbocycles. The Balaban J connectivity index is 0.000000137. The Morgan fingerprint density at radius 2 is 1.55 bits per heavy atom. The maximum atomic E-state index is 4.50. The molecule has 2 aliphatic carbocycles. The van der Waals surface area contributed by atoms with Gasteiger partial charge in [0.1, 0.15) is 0 Å². The molecule has 1 aromatic heterocycles. The molecule has 1 heterocycles. The third-order valence-electron chi connectivity index (χ3n) is 5.83. The van der Waals surface area contributed by atoms with Gasteiger partial charge in [-0.1, -0.05) is 24.6 Å². The number of aromatic nitrogens is 1. The Hall–Kier alpha value is -2.24. The Kier molecular flexibility index (Phi) is 6.26. The van der Waals surface area contributed by atoms with Crippen LogP contribution < -0.4 is 0 Å². The van der Waals surface area contributed by atoms with Crippen molar-refractivity contribution in [1.29, 1.82) is 0 Å². The number of fused-ring (bicyclic) bond motifs is 6. The summed E-state index contributed by atoms with van der Waals surface area (Å²) in [4.78, 5) is 4.50. The van der Waals surface area contributed by atoms with Crippen LogP contribution in [-0.2, 0) is 27.5 Å². The number of benzene rings is 3. The van der Waals surface area contributed by atoms with Gasteiger partial charge in [-0.3, -0.25) is 6.08 Å². The molecular formula is C27H22NPt-3. The molecule has 1 nitrogen and oxygen atoms in total. The third kappa shape index (κ3) is 4.07. The summed E-state index contributed by atoms with van der Waals surface area (Å²) in [6.45, 7) is 0. The van der Waals surface area contributed by atoms with E-state index in [2.05, 4.69) is 53.5 Å². The molecule has 148 valence electrons. The number of nitrogens with zero attached hydrogens (tertiary/aromatic N) is 1. The van der Waals surface area contributed by atoms with Crippen LogP contribution in [0, 0.1) is 24.1 Å². The Bertz CT molecular complexity index is 1110. The topological polar surface area (TPSA) is 12.9 Å². The van der Waals surface area contributed by atoms with E-state index in [9.17, 15) is 0 Å². The van der Waals surface area contributed by atoms with Crippen LogP contribution in [0.2, 0.25) is 0 Å². The van der Waals surface area contributed by atoms with Crippen molar-refractivity contribution in [2.45, 2.75) is 32.1 Å². The van der Waals surface area contributed by atoms with Crippen molar-refractivity contribution >= 4 is 27.1 Å². The summed E-state index contributed by atoms with van der Waals surface area (Å²) in [5, 5.41) is 4.76. The molecule has 0 N–H and O–H groups in total. The zero-order chi connectivity index (χ0) is 18.8. The van der Waals surface area contributed by atoms with Gasteiger partial charge in [0.2, 0.25) is 0 Å². The SMILES string of the molecule is [C-]1=C2c3ncccc3CCC2CCC1.[Pt].[c-]1cccc2ccc3ccc[c-]c3c12. The second-order valence-electron chi connectivity index (χ2n) is 7.56. The number of rotatable bonds is 0. The molecule has 0 radical (unpaired) electrons. The second kappa shape index (κ2) is 9.05. The number of hydrogen-bond acceptors (Lipinski definition) is 1. The molecule has 0 saturated carbocycles. The molecule has 0 fully saturated rings. The van der Waals surface area contributed by atoms with Crippen molar-refractivity contribution in [2.75, 3.05) is 0 Å². The van der Waals surface area contributed by atoms with E-state index in [1.165, 1.54) is 53.3 Å². The van der Waals surface area contributed by atoms with E-state index in [1.54, 1.807) is 0 Å². The van der Waals surface area contributed by atoms with Gasteiger partial charge in [-0.05, 0) is 24.8 Å². The normalized spacial score (nSPS) is 17.2. The first-order valence-electron chi connectivity index (χ1n) is 10.1. The number of pyridine rings is 1. The standard InChI is InChI=1S/C14H8.C13H14N.Pt/c1-3-7-13-11(5-1)9-10-12-6-2-4-8-14(12)13;1-2-6-12-10(4-1)7-8-11-5-3-9-14-13(11)12;/h1-6,9-10H;3,5,9-10H,1-2,4,7-8H2;/q-2;-1;. The Morgan fingerprint density at radius 3 is 2.28 bits per heavy atom. The first-order valence-corrected chi connectivity index (χ1v) is 10.1. The Labute approximate surface area is 187 Å². The molecule has 6 rings (SSSR count). The molecule has 0 saturated heterocycles. The van der Waals surface area contributed by atoms with Gasteiger partial charge in [0.25, 0.3) is 0 Å². The molecule has 0 aliphatic heterocycles. The molecule has 0 spiro atoms. The van der Waals surface area contributed by atoms with Crippen molar-refractivity contribution in [3.8, 4) is 0 Å². The van der Waals surface area contributed by atoms with Crippen molar-refractivity contribution in [3.05, 3.63) is 96.3 Å². The van der Waals surface area contributed by atoms with Gasteiger partial charge in [0, 0.05) is 27.3 Å².